The summed E-state index contributed by atoms with van der Waals surface area (Å²) in [4.78, 5) is 36.1. The molecule has 7 heteroatoms. The molecule has 0 atom stereocenters. The number of carbonyl (C=O) groups is 3. The van der Waals surface area contributed by atoms with Crippen LogP contribution in [0.5, 0.6) is 11.5 Å². The molecule has 0 saturated heterocycles. The molecular formula is C28H30N2O5. The molecule has 35 heavy (non-hydrogen) atoms. The van der Waals surface area contributed by atoms with Gasteiger partial charge >= 0.3 is 5.97 Å². The Morgan fingerprint density at radius 2 is 1.40 bits per heavy atom. The molecule has 0 aliphatic carbocycles. The van der Waals surface area contributed by atoms with Crippen molar-refractivity contribution in [1.82, 2.24) is 0 Å². The smallest absolute Gasteiger partial charge is 0.306 e. The van der Waals surface area contributed by atoms with Crippen molar-refractivity contribution < 1.29 is 23.9 Å². The van der Waals surface area contributed by atoms with Gasteiger partial charge in [-0.05, 0) is 80.8 Å². The molecule has 0 saturated carbocycles. The Balaban J connectivity index is 1.33. The fourth-order valence-electron chi connectivity index (χ4n) is 3.26. The first-order valence-corrected chi connectivity index (χ1v) is 11.5. The Morgan fingerprint density at radius 3 is 2.09 bits per heavy atom. The van der Waals surface area contributed by atoms with Gasteiger partial charge < -0.3 is 20.1 Å². The minimum atomic E-state index is -0.522. The molecule has 0 fully saturated rings. The zero-order valence-electron chi connectivity index (χ0n) is 20.2. The Labute approximate surface area is 205 Å². The molecule has 7 nitrogen and oxygen atoms in total. The van der Waals surface area contributed by atoms with Crippen molar-refractivity contribution in [2.45, 2.75) is 40.0 Å². The van der Waals surface area contributed by atoms with Gasteiger partial charge in [0.05, 0.1) is 0 Å². The normalized spacial score (nSPS) is 10.4. The molecule has 2 N–H and O–H groups in total. The van der Waals surface area contributed by atoms with Gasteiger partial charge in [-0.3, -0.25) is 14.4 Å². The highest BCUT2D eigenvalue weighted by Crippen LogP contribution is 2.23. The Kier molecular flexibility index (Phi) is 9.01. The van der Waals surface area contributed by atoms with Crippen LogP contribution in [-0.4, -0.2) is 24.4 Å². The van der Waals surface area contributed by atoms with E-state index in [1.165, 1.54) is 0 Å². The third kappa shape index (κ3) is 8.30. The Morgan fingerprint density at radius 1 is 0.743 bits per heavy atom. The maximum atomic E-state index is 12.2. The molecule has 0 aliphatic heterocycles. The Hall–Kier alpha value is -4.13. The van der Waals surface area contributed by atoms with Crippen LogP contribution in [0, 0.1) is 20.8 Å². The minimum Gasteiger partial charge on any atom is -0.457 e. The van der Waals surface area contributed by atoms with E-state index in [0.29, 0.717) is 23.5 Å². The van der Waals surface area contributed by atoms with Crippen molar-refractivity contribution in [3.8, 4) is 11.5 Å². The average Bonchev–Trinajstić information content (AvgIpc) is 2.83. The van der Waals surface area contributed by atoms with Crippen molar-refractivity contribution in [3.63, 3.8) is 0 Å². The van der Waals surface area contributed by atoms with Crippen molar-refractivity contribution in [1.29, 1.82) is 0 Å². The summed E-state index contributed by atoms with van der Waals surface area (Å²) in [6.45, 7) is 5.51. The Bertz CT molecular complexity index is 1170. The van der Waals surface area contributed by atoms with E-state index < -0.39 is 11.9 Å². The van der Waals surface area contributed by atoms with Crippen LogP contribution in [-0.2, 0) is 19.1 Å². The number of benzene rings is 3. The predicted molar refractivity (Wildman–Crippen MR) is 136 cm³/mol. The summed E-state index contributed by atoms with van der Waals surface area (Å²) in [6.07, 6.45) is 0.525. The van der Waals surface area contributed by atoms with E-state index in [1.54, 1.807) is 30.3 Å². The lowest BCUT2D eigenvalue weighted by Crippen LogP contribution is -2.21. The molecule has 3 rings (SSSR count). The SMILES string of the molecule is Cc1ccc(Oc2ccc(NC(=O)CCCC(=O)OCC(=O)Nc3cccc(C)c3C)cc2)cc1. The molecule has 182 valence electrons. The van der Waals surface area contributed by atoms with Gasteiger partial charge in [-0.15, -0.1) is 0 Å². The molecule has 0 unspecified atom stereocenters. The van der Waals surface area contributed by atoms with E-state index >= 15 is 0 Å². The predicted octanol–water partition coefficient (Wildman–Crippen LogP) is 5.69. The summed E-state index contributed by atoms with van der Waals surface area (Å²) in [6, 6.07) is 20.4. The van der Waals surface area contributed by atoms with Crippen LogP contribution in [0.25, 0.3) is 0 Å². The number of ether oxygens (including phenoxy) is 2. The highest BCUT2D eigenvalue weighted by Gasteiger charge is 2.11. The second-order valence-electron chi connectivity index (χ2n) is 8.30. The summed E-state index contributed by atoms with van der Waals surface area (Å²) < 4.78 is 10.8. The van der Waals surface area contributed by atoms with Crippen molar-refractivity contribution >= 4 is 29.2 Å². The second kappa shape index (κ2) is 12.4. The van der Waals surface area contributed by atoms with Gasteiger partial charge in [0, 0.05) is 24.2 Å². The fourth-order valence-corrected chi connectivity index (χ4v) is 3.26. The molecule has 0 spiro atoms. The zero-order chi connectivity index (χ0) is 25.2. The molecule has 0 aromatic heterocycles. The third-order valence-electron chi connectivity index (χ3n) is 5.42. The van der Waals surface area contributed by atoms with Crippen LogP contribution in [0.4, 0.5) is 11.4 Å². The summed E-state index contributed by atoms with van der Waals surface area (Å²) in [5.41, 5.74) is 4.51. The van der Waals surface area contributed by atoms with Crippen LogP contribution < -0.4 is 15.4 Å². The summed E-state index contributed by atoms with van der Waals surface area (Å²) >= 11 is 0. The first-order chi connectivity index (χ1) is 16.8. The number of amides is 2. The number of esters is 1. The largest absolute Gasteiger partial charge is 0.457 e. The maximum absolute atomic E-state index is 12.2. The van der Waals surface area contributed by atoms with E-state index in [-0.39, 0.29) is 25.4 Å². The fraction of sp³-hybridized carbons (Fsp3) is 0.250. The molecule has 0 aliphatic rings. The van der Waals surface area contributed by atoms with E-state index in [1.807, 2.05) is 57.2 Å². The van der Waals surface area contributed by atoms with E-state index in [0.717, 1.165) is 22.4 Å². The van der Waals surface area contributed by atoms with E-state index in [9.17, 15) is 14.4 Å². The monoisotopic (exact) mass is 474 g/mol. The van der Waals surface area contributed by atoms with Crippen molar-refractivity contribution in [2.24, 2.45) is 0 Å². The number of aryl methyl sites for hydroxylation is 2. The standard InChI is InChI=1S/C28H30N2O5/c1-19-10-14-23(15-11-19)35-24-16-12-22(13-17-24)29-26(31)8-5-9-28(33)34-18-27(32)30-25-7-4-6-20(2)21(25)3/h4,6-7,10-17H,5,8-9,18H2,1-3H3,(H,29,31)(H,30,32). The van der Waals surface area contributed by atoms with Gasteiger partial charge in [0.2, 0.25) is 5.91 Å². The molecule has 0 heterocycles. The topological polar surface area (TPSA) is 93.7 Å². The average molecular weight is 475 g/mol. The first-order valence-electron chi connectivity index (χ1n) is 11.5. The highest BCUT2D eigenvalue weighted by atomic mass is 16.5. The first kappa shape index (κ1) is 25.5. The lowest BCUT2D eigenvalue weighted by Gasteiger charge is -2.10. The zero-order valence-corrected chi connectivity index (χ0v) is 20.2. The molecule has 2 amide bonds. The van der Waals surface area contributed by atoms with Crippen LogP contribution >= 0.6 is 0 Å². The lowest BCUT2D eigenvalue weighted by atomic mass is 10.1. The number of hydrogen-bond acceptors (Lipinski definition) is 5. The maximum Gasteiger partial charge on any atom is 0.306 e. The second-order valence-corrected chi connectivity index (χ2v) is 8.30. The highest BCUT2D eigenvalue weighted by molar-refractivity contribution is 5.94. The van der Waals surface area contributed by atoms with Crippen LogP contribution in [0.2, 0.25) is 0 Å². The van der Waals surface area contributed by atoms with E-state index in [2.05, 4.69) is 10.6 Å². The van der Waals surface area contributed by atoms with Gasteiger partial charge in [0.15, 0.2) is 6.61 Å². The van der Waals surface area contributed by atoms with Gasteiger partial charge in [0.1, 0.15) is 11.5 Å². The van der Waals surface area contributed by atoms with Gasteiger partial charge in [-0.25, -0.2) is 0 Å². The molecule has 0 radical (unpaired) electrons. The molecule has 3 aromatic rings. The van der Waals surface area contributed by atoms with Gasteiger partial charge in [-0.2, -0.15) is 0 Å². The third-order valence-corrected chi connectivity index (χ3v) is 5.42. The minimum absolute atomic E-state index is 0.0491. The number of hydrogen-bond donors (Lipinski definition) is 2. The van der Waals surface area contributed by atoms with Crippen molar-refractivity contribution in [3.05, 3.63) is 83.4 Å². The molecular weight excluding hydrogens is 444 g/mol. The van der Waals surface area contributed by atoms with Crippen LogP contribution in [0.15, 0.2) is 66.7 Å². The summed E-state index contributed by atoms with van der Waals surface area (Å²) in [5, 5.41) is 5.53. The number of anilines is 2. The number of nitrogens with one attached hydrogen (secondary N) is 2. The van der Waals surface area contributed by atoms with Crippen LogP contribution in [0.1, 0.15) is 36.0 Å². The number of carbonyl (C=O) groups excluding carboxylic acids is 3. The van der Waals surface area contributed by atoms with Gasteiger partial charge in [0.25, 0.3) is 5.91 Å². The number of rotatable bonds is 10. The molecule has 3 aromatic carbocycles. The quantitative estimate of drug-likeness (QED) is 0.368. The summed E-state index contributed by atoms with van der Waals surface area (Å²) in [7, 11) is 0. The molecule has 0 bridgehead atoms. The van der Waals surface area contributed by atoms with E-state index in [4.69, 9.17) is 9.47 Å². The lowest BCUT2D eigenvalue weighted by molar-refractivity contribution is -0.147. The summed E-state index contributed by atoms with van der Waals surface area (Å²) in [5.74, 6) is 0.266. The van der Waals surface area contributed by atoms with Crippen LogP contribution in [0.3, 0.4) is 0 Å². The van der Waals surface area contributed by atoms with Gasteiger partial charge in [-0.1, -0.05) is 29.8 Å². The van der Waals surface area contributed by atoms with Crippen molar-refractivity contribution in [2.75, 3.05) is 17.2 Å².